The molecule has 4 rings (SSSR count). The van der Waals surface area contributed by atoms with Gasteiger partial charge in [-0.15, -0.1) is 0 Å². The van der Waals surface area contributed by atoms with Crippen molar-refractivity contribution in [2.24, 2.45) is 0 Å². The topological polar surface area (TPSA) is 100 Å². The van der Waals surface area contributed by atoms with E-state index in [0.29, 0.717) is 53.6 Å². The Kier molecular flexibility index (Phi) is 6.74. The summed E-state index contributed by atoms with van der Waals surface area (Å²) in [7, 11) is 0. The normalized spacial score (nSPS) is 15.4. The van der Waals surface area contributed by atoms with Crippen LogP contribution in [-0.2, 0) is 0 Å². The van der Waals surface area contributed by atoms with E-state index in [1.165, 1.54) is 0 Å². The third-order valence-corrected chi connectivity index (χ3v) is 5.93. The summed E-state index contributed by atoms with van der Waals surface area (Å²) in [4.78, 5) is 30.0. The maximum absolute atomic E-state index is 12.9. The van der Waals surface area contributed by atoms with Gasteiger partial charge in [0.25, 0.3) is 5.91 Å². The minimum atomic E-state index is -0.0993. The van der Waals surface area contributed by atoms with Gasteiger partial charge in [-0.25, -0.2) is 0 Å². The predicted octanol–water partition coefficient (Wildman–Crippen LogP) is 4.02. The number of anilines is 3. The number of para-hydroxylation sites is 1. The van der Waals surface area contributed by atoms with Crippen LogP contribution in [0.15, 0.2) is 48.5 Å². The minimum absolute atomic E-state index is 0.0898. The van der Waals surface area contributed by atoms with Crippen molar-refractivity contribution in [2.75, 3.05) is 37.2 Å². The number of nitrogens with one attached hydrogen (secondary N) is 1. The van der Waals surface area contributed by atoms with Crippen molar-refractivity contribution in [3.8, 4) is 0 Å². The number of nitrogens with zero attached hydrogens (tertiary/aromatic N) is 5. The van der Waals surface area contributed by atoms with Crippen molar-refractivity contribution in [1.82, 2.24) is 24.8 Å². The van der Waals surface area contributed by atoms with Crippen LogP contribution in [0.25, 0.3) is 0 Å². The van der Waals surface area contributed by atoms with Gasteiger partial charge in [-0.2, -0.15) is 15.0 Å². The highest BCUT2D eigenvalue weighted by molar-refractivity contribution is 6.36. The van der Waals surface area contributed by atoms with E-state index in [-0.39, 0.29) is 17.9 Å². The maximum Gasteiger partial charge on any atom is 0.255 e. The second kappa shape index (κ2) is 9.68. The van der Waals surface area contributed by atoms with Gasteiger partial charge in [0.05, 0.1) is 16.6 Å². The number of carbonyl (C=O) groups is 1. The fraction of sp³-hybridized carbons (Fsp3) is 0.273. The van der Waals surface area contributed by atoms with Gasteiger partial charge in [0.15, 0.2) is 5.82 Å². The van der Waals surface area contributed by atoms with Crippen molar-refractivity contribution >= 4 is 46.7 Å². The molecule has 2 aromatic carbocycles. The summed E-state index contributed by atoms with van der Waals surface area (Å²) < 4.78 is 0. The Bertz CT molecular complexity index is 1100. The summed E-state index contributed by atoms with van der Waals surface area (Å²) in [5.41, 5.74) is 7.26. The van der Waals surface area contributed by atoms with E-state index < -0.39 is 0 Å². The Balaban J connectivity index is 1.42. The molecule has 1 fully saturated rings. The molecule has 1 aromatic heterocycles. The largest absolute Gasteiger partial charge is 0.368 e. The molecule has 0 radical (unpaired) electrons. The Morgan fingerprint density at radius 2 is 1.75 bits per heavy atom. The molecule has 0 bridgehead atoms. The van der Waals surface area contributed by atoms with Crippen LogP contribution in [0.2, 0.25) is 10.0 Å². The molecular weight excluding hydrogens is 449 g/mol. The third kappa shape index (κ3) is 5.09. The van der Waals surface area contributed by atoms with Crippen LogP contribution in [-0.4, -0.2) is 56.8 Å². The number of nitrogens with two attached hydrogens (primary N) is 1. The summed E-state index contributed by atoms with van der Waals surface area (Å²) in [6, 6.07) is 14.5. The lowest BCUT2D eigenvalue weighted by atomic mass is 10.1. The van der Waals surface area contributed by atoms with Crippen LogP contribution in [0.3, 0.4) is 0 Å². The monoisotopic (exact) mass is 471 g/mol. The predicted molar refractivity (Wildman–Crippen MR) is 126 cm³/mol. The van der Waals surface area contributed by atoms with Gasteiger partial charge in [-0.1, -0.05) is 41.4 Å². The minimum Gasteiger partial charge on any atom is -0.368 e. The van der Waals surface area contributed by atoms with Gasteiger partial charge in [-0.3, -0.25) is 9.69 Å². The third-order valence-electron chi connectivity index (χ3n) is 5.38. The van der Waals surface area contributed by atoms with Crippen LogP contribution in [0.1, 0.15) is 29.1 Å². The fourth-order valence-corrected chi connectivity index (χ4v) is 4.10. The van der Waals surface area contributed by atoms with Crippen LogP contribution in [0.5, 0.6) is 0 Å². The number of rotatable bonds is 5. The lowest BCUT2D eigenvalue weighted by Crippen LogP contribution is -2.49. The van der Waals surface area contributed by atoms with Crippen molar-refractivity contribution in [1.29, 1.82) is 0 Å². The molecule has 166 valence electrons. The van der Waals surface area contributed by atoms with E-state index >= 15 is 0 Å². The van der Waals surface area contributed by atoms with E-state index in [1.807, 2.05) is 37.3 Å². The number of benzene rings is 2. The molecule has 1 aliphatic heterocycles. The molecule has 1 unspecified atom stereocenters. The van der Waals surface area contributed by atoms with Crippen molar-refractivity contribution in [2.45, 2.75) is 13.0 Å². The molecule has 32 heavy (non-hydrogen) atoms. The highest BCUT2D eigenvalue weighted by Gasteiger charge is 2.28. The number of amides is 1. The average molecular weight is 472 g/mol. The number of hydrogen-bond donors (Lipinski definition) is 2. The van der Waals surface area contributed by atoms with Gasteiger partial charge >= 0.3 is 0 Å². The fourth-order valence-electron chi connectivity index (χ4n) is 3.61. The zero-order chi connectivity index (χ0) is 22.7. The molecule has 3 N–H and O–H groups in total. The van der Waals surface area contributed by atoms with E-state index in [4.69, 9.17) is 28.9 Å². The number of hydrogen-bond acceptors (Lipinski definition) is 7. The lowest BCUT2D eigenvalue weighted by molar-refractivity contribution is 0.0575. The quantitative estimate of drug-likeness (QED) is 0.579. The SMILES string of the molecule is CC(c1nc(N)nc(Nc2ccccc2)n1)N1CCN(C(=O)c2ccc(Cl)cc2Cl)CC1. The van der Waals surface area contributed by atoms with Gasteiger partial charge in [0, 0.05) is 36.9 Å². The summed E-state index contributed by atoms with van der Waals surface area (Å²) >= 11 is 12.1. The van der Waals surface area contributed by atoms with Gasteiger partial charge in [0.1, 0.15) is 0 Å². The smallest absolute Gasteiger partial charge is 0.255 e. The summed E-state index contributed by atoms with van der Waals surface area (Å²) in [5.74, 6) is 1.04. The molecule has 0 spiro atoms. The van der Waals surface area contributed by atoms with E-state index in [0.717, 1.165) is 5.69 Å². The van der Waals surface area contributed by atoms with E-state index in [1.54, 1.807) is 23.1 Å². The lowest BCUT2D eigenvalue weighted by Gasteiger charge is -2.37. The molecule has 0 aliphatic carbocycles. The van der Waals surface area contributed by atoms with E-state index in [9.17, 15) is 4.79 Å². The molecule has 0 saturated carbocycles. The summed E-state index contributed by atoms with van der Waals surface area (Å²) in [6.45, 7) is 4.50. The van der Waals surface area contributed by atoms with Crippen molar-refractivity contribution in [3.63, 3.8) is 0 Å². The maximum atomic E-state index is 12.9. The van der Waals surface area contributed by atoms with Crippen LogP contribution >= 0.6 is 23.2 Å². The number of nitrogen functional groups attached to an aromatic ring is 1. The molecular formula is C22H23Cl2N7O. The van der Waals surface area contributed by atoms with Gasteiger partial charge in [-0.05, 0) is 37.3 Å². The first-order valence-corrected chi connectivity index (χ1v) is 11.0. The van der Waals surface area contributed by atoms with Crippen LogP contribution in [0.4, 0.5) is 17.6 Å². The molecule has 1 amide bonds. The zero-order valence-corrected chi connectivity index (χ0v) is 19.0. The molecule has 8 nitrogen and oxygen atoms in total. The number of halogens is 2. The number of carbonyl (C=O) groups excluding carboxylic acids is 1. The Labute approximate surface area is 196 Å². The number of piperazine rings is 1. The van der Waals surface area contributed by atoms with Gasteiger partial charge in [0.2, 0.25) is 11.9 Å². The standard InChI is InChI=1S/C22H23Cl2N7O/c1-14(19-27-21(25)29-22(28-19)26-16-5-3-2-4-6-16)30-9-11-31(12-10-30)20(32)17-8-7-15(23)13-18(17)24/h2-8,13-14H,9-12H2,1H3,(H3,25,26,27,28,29). The average Bonchev–Trinajstić information content (AvgIpc) is 2.78. The van der Waals surface area contributed by atoms with E-state index in [2.05, 4.69) is 25.2 Å². The van der Waals surface area contributed by atoms with Crippen molar-refractivity contribution < 1.29 is 4.79 Å². The number of aromatic nitrogens is 3. The second-order valence-electron chi connectivity index (χ2n) is 7.49. The van der Waals surface area contributed by atoms with Crippen LogP contribution in [0, 0.1) is 0 Å². The Morgan fingerprint density at radius 3 is 2.44 bits per heavy atom. The molecule has 10 heteroatoms. The summed E-state index contributed by atoms with van der Waals surface area (Å²) in [6.07, 6.45) is 0. The highest BCUT2D eigenvalue weighted by Crippen LogP contribution is 2.25. The second-order valence-corrected chi connectivity index (χ2v) is 8.34. The highest BCUT2D eigenvalue weighted by atomic mass is 35.5. The summed E-state index contributed by atoms with van der Waals surface area (Å²) in [5, 5.41) is 4.02. The van der Waals surface area contributed by atoms with Crippen molar-refractivity contribution in [3.05, 3.63) is 70.0 Å². The van der Waals surface area contributed by atoms with Crippen LogP contribution < -0.4 is 11.1 Å². The molecule has 1 saturated heterocycles. The Hall–Kier alpha value is -2.94. The first-order chi connectivity index (χ1) is 15.4. The molecule has 1 aliphatic rings. The van der Waals surface area contributed by atoms with Gasteiger partial charge < -0.3 is 16.0 Å². The molecule has 3 aromatic rings. The zero-order valence-electron chi connectivity index (χ0n) is 17.5. The Morgan fingerprint density at radius 1 is 1.03 bits per heavy atom. The molecule has 1 atom stereocenters. The molecule has 2 heterocycles. The first-order valence-electron chi connectivity index (χ1n) is 10.2. The first kappa shape index (κ1) is 22.3.